The second kappa shape index (κ2) is 6.41. The van der Waals surface area contributed by atoms with Gasteiger partial charge in [0.1, 0.15) is 5.52 Å². The van der Waals surface area contributed by atoms with E-state index in [1.807, 2.05) is 11.8 Å². The van der Waals surface area contributed by atoms with E-state index in [0.717, 1.165) is 19.3 Å². The van der Waals surface area contributed by atoms with Gasteiger partial charge in [0.2, 0.25) is 0 Å². The van der Waals surface area contributed by atoms with E-state index < -0.39 is 17.9 Å². The summed E-state index contributed by atoms with van der Waals surface area (Å²) in [5.74, 6) is 0.291. The average molecular weight is 364 g/mol. The molecule has 1 aliphatic heterocycles. The van der Waals surface area contributed by atoms with E-state index >= 15 is 0 Å². The number of H-pyrrole nitrogens is 1. The molecule has 1 saturated heterocycles. The van der Waals surface area contributed by atoms with E-state index in [9.17, 15) is 18.4 Å². The molecule has 2 fully saturated rings. The number of anilines is 1. The fourth-order valence-corrected chi connectivity index (χ4v) is 3.72. The quantitative estimate of drug-likeness (QED) is 0.886. The second-order valence-corrected chi connectivity index (χ2v) is 6.88. The standard InChI is InChI=1S/C18H20F2N3O3/c1-2-10-7-8-22(9-10)13-6-5-12-14(15(13)26-17(19)20)23(11-3-4-11)18(25)21-16(12)24/h2,5-6,10-11,17H,3-4,7-9H2,1H3,(H,21,24,25)/t10-/m1/s1. The van der Waals surface area contributed by atoms with Crippen LogP contribution in [0, 0.1) is 12.3 Å². The molecule has 8 heteroatoms. The third-order valence-corrected chi connectivity index (χ3v) is 5.19. The largest absolute Gasteiger partial charge is 0.430 e. The van der Waals surface area contributed by atoms with Crippen molar-refractivity contribution in [3.05, 3.63) is 39.4 Å². The minimum absolute atomic E-state index is 0.0793. The van der Waals surface area contributed by atoms with Crippen molar-refractivity contribution in [2.75, 3.05) is 18.0 Å². The molecule has 139 valence electrons. The molecular weight excluding hydrogens is 344 g/mol. The molecule has 1 N–H and O–H groups in total. The van der Waals surface area contributed by atoms with Gasteiger partial charge in [0.05, 0.1) is 11.1 Å². The third-order valence-electron chi connectivity index (χ3n) is 5.19. The maximum Gasteiger partial charge on any atom is 0.387 e. The molecule has 0 unspecified atom stereocenters. The molecule has 1 aliphatic carbocycles. The molecule has 1 saturated carbocycles. The van der Waals surface area contributed by atoms with E-state index in [4.69, 9.17) is 4.74 Å². The lowest BCUT2D eigenvalue weighted by Crippen LogP contribution is -2.31. The van der Waals surface area contributed by atoms with Crippen LogP contribution in [0.5, 0.6) is 5.75 Å². The normalized spacial score (nSPS) is 20.3. The van der Waals surface area contributed by atoms with E-state index in [1.165, 1.54) is 4.57 Å². The summed E-state index contributed by atoms with van der Waals surface area (Å²) in [5, 5.41) is 0.189. The van der Waals surface area contributed by atoms with Crippen LogP contribution in [0.2, 0.25) is 0 Å². The number of hydrogen-bond acceptors (Lipinski definition) is 4. The van der Waals surface area contributed by atoms with Crippen molar-refractivity contribution in [2.24, 2.45) is 5.92 Å². The first-order chi connectivity index (χ1) is 12.5. The maximum absolute atomic E-state index is 13.2. The van der Waals surface area contributed by atoms with Crippen LogP contribution in [-0.4, -0.2) is 29.3 Å². The van der Waals surface area contributed by atoms with Crippen molar-refractivity contribution in [3.8, 4) is 5.75 Å². The van der Waals surface area contributed by atoms with Crippen molar-refractivity contribution >= 4 is 16.6 Å². The predicted octanol–water partition coefficient (Wildman–Crippen LogP) is 2.68. The summed E-state index contributed by atoms with van der Waals surface area (Å²) in [6.45, 7) is 0.336. The summed E-state index contributed by atoms with van der Waals surface area (Å²) in [5.41, 5.74) is -0.499. The van der Waals surface area contributed by atoms with Gasteiger partial charge >= 0.3 is 12.3 Å². The zero-order valence-corrected chi connectivity index (χ0v) is 14.4. The lowest BCUT2D eigenvalue weighted by atomic mass is 10.1. The van der Waals surface area contributed by atoms with Gasteiger partial charge < -0.3 is 9.64 Å². The van der Waals surface area contributed by atoms with Crippen molar-refractivity contribution in [2.45, 2.75) is 38.8 Å². The van der Waals surface area contributed by atoms with Crippen molar-refractivity contribution < 1.29 is 13.5 Å². The maximum atomic E-state index is 13.2. The number of benzene rings is 1. The van der Waals surface area contributed by atoms with Gasteiger partial charge in [-0.1, -0.05) is 6.92 Å². The van der Waals surface area contributed by atoms with Crippen LogP contribution in [0.25, 0.3) is 10.9 Å². The summed E-state index contributed by atoms with van der Waals surface area (Å²) in [6, 6.07) is 3.13. The van der Waals surface area contributed by atoms with Crippen LogP contribution >= 0.6 is 0 Å². The summed E-state index contributed by atoms with van der Waals surface area (Å²) in [7, 11) is 0. The molecule has 2 aromatic rings. The van der Waals surface area contributed by atoms with E-state index in [1.54, 1.807) is 12.1 Å². The zero-order chi connectivity index (χ0) is 18.4. The molecule has 1 aromatic carbocycles. The lowest BCUT2D eigenvalue weighted by molar-refractivity contribution is -0.0487. The number of fused-ring (bicyclic) bond motifs is 1. The second-order valence-electron chi connectivity index (χ2n) is 6.88. The SMILES string of the molecule is C[CH][C@@H]1CCN(c2ccc3c(=O)[nH]c(=O)n(C4CC4)c3c2OC(F)F)C1. The van der Waals surface area contributed by atoms with Crippen LogP contribution in [0.15, 0.2) is 21.7 Å². The Bertz CT molecular complexity index is 949. The predicted molar refractivity (Wildman–Crippen MR) is 94.0 cm³/mol. The van der Waals surface area contributed by atoms with Crippen LogP contribution in [0.3, 0.4) is 0 Å². The third kappa shape index (κ3) is 2.87. The Kier molecular flexibility index (Phi) is 4.20. The molecule has 2 heterocycles. The Labute approximate surface area is 148 Å². The number of rotatable bonds is 5. The Morgan fingerprint density at radius 2 is 2.04 bits per heavy atom. The van der Waals surface area contributed by atoms with Crippen molar-refractivity contribution in [3.63, 3.8) is 0 Å². The first-order valence-corrected chi connectivity index (χ1v) is 8.80. The highest BCUT2D eigenvalue weighted by molar-refractivity contribution is 5.90. The first-order valence-electron chi connectivity index (χ1n) is 8.80. The number of hydrogen-bond donors (Lipinski definition) is 1. The number of aromatic nitrogens is 2. The van der Waals surface area contributed by atoms with E-state index in [2.05, 4.69) is 11.4 Å². The average Bonchev–Trinajstić information content (AvgIpc) is 3.31. The van der Waals surface area contributed by atoms with Crippen LogP contribution in [0.1, 0.15) is 32.2 Å². The summed E-state index contributed by atoms with van der Waals surface area (Å²) in [4.78, 5) is 28.8. The van der Waals surface area contributed by atoms with Gasteiger partial charge in [0.15, 0.2) is 5.75 Å². The van der Waals surface area contributed by atoms with Gasteiger partial charge in [-0.15, -0.1) is 0 Å². The van der Waals surface area contributed by atoms with Gasteiger partial charge in [0.25, 0.3) is 5.56 Å². The summed E-state index contributed by atoms with van der Waals surface area (Å²) >= 11 is 0. The van der Waals surface area contributed by atoms with Crippen LogP contribution in [0.4, 0.5) is 14.5 Å². The number of alkyl halides is 2. The van der Waals surface area contributed by atoms with Crippen molar-refractivity contribution in [1.29, 1.82) is 0 Å². The Hall–Kier alpha value is -2.38. The molecule has 2 aliphatic rings. The van der Waals surface area contributed by atoms with E-state index in [0.29, 0.717) is 24.7 Å². The number of ether oxygens (including phenoxy) is 1. The minimum Gasteiger partial charge on any atom is -0.430 e. The van der Waals surface area contributed by atoms with Gasteiger partial charge in [-0.3, -0.25) is 14.3 Å². The molecule has 0 spiro atoms. The van der Waals surface area contributed by atoms with Gasteiger partial charge in [-0.05, 0) is 43.7 Å². The zero-order valence-electron chi connectivity index (χ0n) is 14.4. The number of aromatic amines is 1. The molecule has 6 nitrogen and oxygen atoms in total. The van der Waals surface area contributed by atoms with Gasteiger partial charge in [0, 0.05) is 19.1 Å². The number of halogens is 2. The summed E-state index contributed by atoms with van der Waals surface area (Å²) in [6.07, 6.45) is 4.57. The molecule has 1 atom stereocenters. The summed E-state index contributed by atoms with van der Waals surface area (Å²) < 4.78 is 32.6. The Morgan fingerprint density at radius 3 is 2.65 bits per heavy atom. The smallest absolute Gasteiger partial charge is 0.387 e. The molecular formula is C18H20F2N3O3. The molecule has 1 radical (unpaired) electrons. The number of nitrogens with one attached hydrogen (secondary N) is 1. The highest BCUT2D eigenvalue weighted by Gasteiger charge is 2.32. The minimum atomic E-state index is -3.04. The van der Waals surface area contributed by atoms with E-state index in [-0.39, 0.29) is 22.7 Å². The Morgan fingerprint density at radius 1 is 1.27 bits per heavy atom. The fourth-order valence-electron chi connectivity index (χ4n) is 3.72. The molecule has 4 rings (SSSR count). The molecule has 0 bridgehead atoms. The topological polar surface area (TPSA) is 67.3 Å². The Balaban J connectivity index is 1.97. The van der Waals surface area contributed by atoms with Crippen LogP contribution < -0.4 is 20.9 Å². The highest BCUT2D eigenvalue weighted by atomic mass is 19.3. The first kappa shape index (κ1) is 17.1. The fraction of sp³-hybridized carbons (Fsp3) is 0.500. The number of nitrogens with zero attached hydrogens (tertiary/aromatic N) is 2. The molecule has 0 amide bonds. The van der Waals surface area contributed by atoms with Gasteiger partial charge in [-0.2, -0.15) is 8.78 Å². The van der Waals surface area contributed by atoms with Crippen molar-refractivity contribution in [1.82, 2.24) is 9.55 Å². The van der Waals surface area contributed by atoms with Crippen LogP contribution in [-0.2, 0) is 0 Å². The highest BCUT2D eigenvalue weighted by Crippen LogP contribution is 2.42. The lowest BCUT2D eigenvalue weighted by Gasteiger charge is -2.24. The monoisotopic (exact) mass is 364 g/mol. The van der Waals surface area contributed by atoms with Gasteiger partial charge in [-0.25, -0.2) is 4.79 Å². The molecule has 26 heavy (non-hydrogen) atoms. The molecule has 1 aromatic heterocycles.